The van der Waals surface area contributed by atoms with E-state index in [1.54, 1.807) is 0 Å². The zero-order chi connectivity index (χ0) is 11.3. The summed E-state index contributed by atoms with van der Waals surface area (Å²) in [7, 11) is 1.52. The number of aliphatic carboxylic acids is 1. The number of hydrogen-bond donors (Lipinski definition) is 1. The molecule has 15 heavy (non-hydrogen) atoms. The van der Waals surface area contributed by atoms with Gasteiger partial charge in [-0.05, 0) is 18.8 Å². The van der Waals surface area contributed by atoms with Crippen molar-refractivity contribution in [3.05, 3.63) is 0 Å². The van der Waals surface area contributed by atoms with Crippen LogP contribution in [0.2, 0.25) is 0 Å². The van der Waals surface area contributed by atoms with Crippen molar-refractivity contribution < 1.29 is 19.4 Å². The van der Waals surface area contributed by atoms with Crippen molar-refractivity contribution in [2.24, 2.45) is 5.92 Å². The van der Waals surface area contributed by atoms with Crippen LogP contribution in [-0.4, -0.2) is 48.7 Å². The first-order valence-electron chi connectivity index (χ1n) is 5.12. The van der Waals surface area contributed by atoms with E-state index in [1.807, 2.05) is 0 Å². The van der Waals surface area contributed by atoms with Crippen LogP contribution in [0.4, 0.5) is 0 Å². The maximum Gasteiger partial charge on any atom is 0.323 e. The molecule has 0 aliphatic heterocycles. The number of carbonyl (C=O) groups is 2. The van der Waals surface area contributed by atoms with E-state index in [0.29, 0.717) is 19.1 Å². The van der Waals surface area contributed by atoms with Gasteiger partial charge >= 0.3 is 5.97 Å². The van der Waals surface area contributed by atoms with Gasteiger partial charge in [-0.1, -0.05) is 0 Å². The number of rotatable bonds is 7. The zero-order valence-electron chi connectivity index (χ0n) is 8.94. The molecule has 1 N–H and O–H groups in total. The highest BCUT2D eigenvalue weighted by molar-refractivity contribution is 5.81. The van der Waals surface area contributed by atoms with E-state index in [9.17, 15) is 9.59 Å². The molecule has 0 bridgehead atoms. The molecule has 0 atom stereocenters. The molecule has 1 saturated carbocycles. The monoisotopic (exact) mass is 215 g/mol. The molecule has 1 fully saturated rings. The van der Waals surface area contributed by atoms with E-state index in [4.69, 9.17) is 9.84 Å². The predicted molar refractivity (Wildman–Crippen MR) is 53.4 cm³/mol. The second-order valence-corrected chi connectivity index (χ2v) is 3.85. The van der Waals surface area contributed by atoms with E-state index in [-0.39, 0.29) is 18.9 Å². The molecular weight excluding hydrogens is 198 g/mol. The third-order valence-electron chi connectivity index (χ3n) is 2.37. The van der Waals surface area contributed by atoms with Gasteiger partial charge in [-0.2, -0.15) is 0 Å². The lowest BCUT2D eigenvalue weighted by Gasteiger charge is -2.20. The van der Waals surface area contributed by atoms with Crippen molar-refractivity contribution in [3.8, 4) is 0 Å². The molecule has 0 saturated heterocycles. The molecule has 0 spiro atoms. The van der Waals surface area contributed by atoms with Crippen LogP contribution in [0.25, 0.3) is 0 Å². The second kappa shape index (κ2) is 5.70. The Balaban J connectivity index is 2.37. The third-order valence-corrected chi connectivity index (χ3v) is 2.37. The summed E-state index contributed by atoms with van der Waals surface area (Å²) in [5.41, 5.74) is 0. The van der Waals surface area contributed by atoms with E-state index in [1.165, 1.54) is 12.0 Å². The molecule has 1 amide bonds. The standard InChI is InChI=1S/C10H17NO4/c1-15-5-4-9(12)11(7-10(13)14)6-8-2-3-8/h8H,2-7H2,1H3,(H,13,14). The Morgan fingerprint density at radius 3 is 2.60 bits per heavy atom. The average Bonchev–Trinajstić information content (AvgIpc) is 2.96. The predicted octanol–water partition coefficient (Wildman–Crippen LogP) is 0.346. The number of nitrogens with zero attached hydrogens (tertiary/aromatic N) is 1. The molecule has 0 aromatic carbocycles. The minimum absolute atomic E-state index is 0.133. The first kappa shape index (κ1) is 12.0. The number of ether oxygens (including phenoxy) is 1. The SMILES string of the molecule is COCCC(=O)N(CC(=O)O)CC1CC1. The number of methoxy groups -OCH3 is 1. The van der Waals surface area contributed by atoms with Crippen LogP contribution in [0.5, 0.6) is 0 Å². The van der Waals surface area contributed by atoms with Crippen LogP contribution in [0, 0.1) is 5.92 Å². The Morgan fingerprint density at radius 2 is 2.13 bits per heavy atom. The number of hydrogen-bond acceptors (Lipinski definition) is 3. The van der Waals surface area contributed by atoms with Crippen molar-refractivity contribution in [1.82, 2.24) is 4.90 Å². The van der Waals surface area contributed by atoms with Crippen molar-refractivity contribution in [3.63, 3.8) is 0 Å². The lowest BCUT2D eigenvalue weighted by atomic mass is 10.3. The first-order valence-corrected chi connectivity index (χ1v) is 5.12. The minimum Gasteiger partial charge on any atom is -0.480 e. The topological polar surface area (TPSA) is 66.8 Å². The van der Waals surface area contributed by atoms with Gasteiger partial charge in [0, 0.05) is 13.7 Å². The Morgan fingerprint density at radius 1 is 1.47 bits per heavy atom. The Bertz CT molecular complexity index is 238. The van der Waals surface area contributed by atoms with Crippen LogP contribution < -0.4 is 0 Å². The van der Waals surface area contributed by atoms with Gasteiger partial charge in [0.15, 0.2) is 0 Å². The highest BCUT2D eigenvalue weighted by Crippen LogP contribution is 2.29. The Labute approximate surface area is 89.0 Å². The van der Waals surface area contributed by atoms with Crippen LogP contribution in [0.1, 0.15) is 19.3 Å². The van der Waals surface area contributed by atoms with Crippen LogP contribution in [0.3, 0.4) is 0 Å². The maximum atomic E-state index is 11.6. The van der Waals surface area contributed by atoms with E-state index in [2.05, 4.69) is 0 Å². The molecule has 0 aromatic rings. The quantitative estimate of drug-likeness (QED) is 0.665. The largest absolute Gasteiger partial charge is 0.480 e. The van der Waals surface area contributed by atoms with Crippen LogP contribution in [-0.2, 0) is 14.3 Å². The number of carbonyl (C=O) groups excluding carboxylic acids is 1. The van der Waals surface area contributed by atoms with E-state index in [0.717, 1.165) is 12.8 Å². The van der Waals surface area contributed by atoms with Gasteiger partial charge < -0.3 is 14.7 Å². The lowest BCUT2D eigenvalue weighted by Crippen LogP contribution is -2.37. The molecule has 1 rings (SSSR count). The van der Waals surface area contributed by atoms with Crippen LogP contribution in [0.15, 0.2) is 0 Å². The molecule has 0 radical (unpaired) electrons. The van der Waals surface area contributed by atoms with Gasteiger partial charge in [0.2, 0.25) is 5.91 Å². The fraction of sp³-hybridized carbons (Fsp3) is 0.800. The zero-order valence-corrected chi connectivity index (χ0v) is 8.94. The number of amides is 1. The summed E-state index contributed by atoms with van der Waals surface area (Å²) in [6, 6.07) is 0. The molecule has 0 unspecified atom stereocenters. The molecule has 0 heterocycles. The van der Waals surface area contributed by atoms with Gasteiger partial charge in [-0.3, -0.25) is 9.59 Å². The summed E-state index contributed by atoms with van der Waals surface area (Å²) in [5.74, 6) is -0.580. The highest BCUT2D eigenvalue weighted by Gasteiger charge is 2.27. The van der Waals surface area contributed by atoms with Gasteiger partial charge in [0.05, 0.1) is 13.0 Å². The summed E-state index contributed by atoms with van der Waals surface area (Å²) >= 11 is 0. The molecule has 5 heteroatoms. The van der Waals surface area contributed by atoms with Crippen molar-refractivity contribution in [2.75, 3.05) is 26.8 Å². The third kappa shape index (κ3) is 4.78. The molecule has 1 aliphatic rings. The van der Waals surface area contributed by atoms with Crippen molar-refractivity contribution in [1.29, 1.82) is 0 Å². The normalized spacial score (nSPS) is 15.0. The van der Waals surface area contributed by atoms with Gasteiger partial charge in [0.25, 0.3) is 0 Å². The van der Waals surface area contributed by atoms with Crippen LogP contribution >= 0.6 is 0 Å². The summed E-state index contributed by atoms with van der Waals surface area (Å²) in [4.78, 5) is 23.6. The smallest absolute Gasteiger partial charge is 0.323 e. The summed E-state index contributed by atoms with van der Waals surface area (Å²) < 4.78 is 4.79. The van der Waals surface area contributed by atoms with Crippen molar-refractivity contribution in [2.45, 2.75) is 19.3 Å². The maximum absolute atomic E-state index is 11.6. The highest BCUT2D eigenvalue weighted by atomic mass is 16.5. The van der Waals surface area contributed by atoms with Gasteiger partial charge in [-0.15, -0.1) is 0 Å². The molecular formula is C10H17NO4. The fourth-order valence-corrected chi connectivity index (χ4v) is 1.38. The molecule has 0 aromatic heterocycles. The lowest BCUT2D eigenvalue weighted by molar-refractivity contribution is -0.145. The molecule has 1 aliphatic carbocycles. The Hall–Kier alpha value is -1.10. The summed E-state index contributed by atoms with van der Waals surface area (Å²) in [6.45, 7) is 0.730. The second-order valence-electron chi connectivity index (χ2n) is 3.85. The first-order chi connectivity index (χ1) is 7.13. The van der Waals surface area contributed by atoms with Gasteiger partial charge in [-0.25, -0.2) is 0 Å². The van der Waals surface area contributed by atoms with Gasteiger partial charge in [0.1, 0.15) is 6.54 Å². The number of carboxylic acid groups (broad SMARTS) is 1. The van der Waals surface area contributed by atoms with E-state index >= 15 is 0 Å². The van der Waals surface area contributed by atoms with Crippen molar-refractivity contribution >= 4 is 11.9 Å². The average molecular weight is 215 g/mol. The Kier molecular flexibility index (Phi) is 4.55. The summed E-state index contributed by atoms with van der Waals surface area (Å²) in [5, 5.41) is 8.67. The summed E-state index contributed by atoms with van der Waals surface area (Å²) in [6.07, 6.45) is 2.47. The fourth-order valence-electron chi connectivity index (χ4n) is 1.38. The molecule has 5 nitrogen and oxygen atoms in total. The minimum atomic E-state index is -0.957. The van der Waals surface area contributed by atoms with E-state index < -0.39 is 5.97 Å². The molecule has 86 valence electrons. The number of carboxylic acids is 1.